The Labute approximate surface area is 126 Å². The first kappa shape index (κ1) is 14.5. The van der Waals surface area contributed by atoms with E-state index in [-0.39, 0.29) is 6.04 Å². The van der Waals surface area contributed by atoms with Crippen LogP contribution < -0.4 is 11.3 Å². The highest BCUT2D eigenvalue weighted by Crippen LogP contribution is 2.27. The third-order valence-electron chi connectivity index (χ3n) is 2.87. The molecular formula is C13H16BrClN4. The monoisotopic (exact) mass is 342 g/mol. The van der Waals surface area contributed by atoms with E-state index in [1.807, 2.05) is 28.9 Å². The quantitative estimate of drug-likeness (QED) is 0.647. The van der Waals surface area contributed by atoms with Gasteiger partial charge in [0.05, 0.1) is 11.7 Å². The molecule has 0 aliphatic heterocycles. The largest absolute Gasteiger partial charge is 0.271 e. The number of hydrazine groups is 1. The molecule has 0 saturated heterocycles. The second kappa shape index (κ2) is 6.52. The van der Waals surface area contributed by atoms with Gasteiger partial charge in [-0.2, -0.15) is 5.10 Å². The van der Waals surface area contributed by atoms with Crippen LogP contribution in [-0.2, 0) is 6.54 Å². The molecule has 0 saturated carbocycles. The van der Waals surface area contributed by atoms with Gasteiger partial charge in [0, 0.05) is 22.2 Å². The molecule has 4 nitrogen and oxygen atoms in total. The predicted octanol–water partition coefficient (Wildman–Crippen LogP) is 3.26. The Kier molecular flexibility index (Phi) is 4.99. The smallest absolute Gasteiger partial charge is 0.0879 e. The van der Waals surface area contributed by atoms with Crippen LogP contribution in [0, 0.1) is 0 Å². The Morgan fingerprint density at radius 3 is 2.89 bits per heavy atom. The van der Waals surface area contributed by atoms with Gasteiger partial charge in [0.1, 0.15) is 0 Å². The lowest BCUT2D eigenvalue weighted by Gasteiger charge is -2.18. The van der Waals surface area contributed by atoms with Crippen LogP contribution in [0.15, 0.2) is 34.9 Å². The van der Waals surface area contributed by atoms with E-state index in [0.29, 0.717) is 5.02 Å². The molecule has 2 aromatic rings. The van der Waals surface area contributed by atoms with E-state index < -0.39 is 0 Å². The molecule has 102 valence electrons. The lowest BCUT2D eigenvalue weighted by molar-refractivity contribution is 0.521. The molecule has 0 spiro atoms. The second-order valence-corrected chi connectivity index (χ2v) is 5.63. The summed E-state index contributed by atoms with van der Waals surface area (Å²) >= 11 is 9.54. The highest BCUT2D eigenvalue weighted by atomic mass is 79.9. The fourth-order valence-corrected chi connectivity index (χ4v) is 2.97. The molecule has 0 fully saturated rings. The molecule has 1 aromatic heterocycles. The Morgan fingerprint density at radius 2 is 2.26 bits per heavy atom. The number of nitrogens with zero attached hydrogens (tertiary/aromatic N) is 2. The summed E-state index contributed by atoms with van der Waals surface area (Å²) in [7, 11) is 0. The predicted molar refractivity (Wildman–Crippen MR) is 80.8 cm³/mol. The van der Waals surface area contributed by atoms with Crippen LogP contribution in [0.1, 0.15) is 30.6 Å². The fourth-order valence-electron chi connectivity index (χ4n) is 2.08. The van der Waals surface area contributed by atoms with Crippen LogP contribution in [-0.4, -0.2) is 9.78 Å². The maximum atomic E-state index is 6.09. The van der Waals surface area contributed by atoms with Crippen molar-refractivity contribution >= 4 is 27.5 Å². The van der Waals surface area contributed by atoms with Gasteiger partial charge in [-0.25, -0.2) is 5.43 Å². The standard InChI is InChI=1S/C13H16BrClN4/c1-2-5-19-12(3-4-17-19)13(18-16)9-6-10(14)8-11(15)7-9/h3-4,6-8,13,18H,2,5,16H2,1H3. The first-order valence-electron chi connectivity index (χ1n) is 6.09. The molecule has 3 N–H and O–H groups in total. The second-order valence-electron chi connectivity index (χ2n) is 4.28. The summed E-state index contributed by atoms with van der Waals surface area (Å²) in [6.45, 7) is 2.98. The van der Waals surface area contributed by atoms with Crippen molar-refractivity contribution in [2.75, 3.05) is 0 Å². The number of halogens is 2. The number of benzene rings is 1. The summed E-state index contributed by atoms with van der Waals surface area (Å²) in [5.41, 5.74) is 4.86. The fraction of sp³-hybridized carbons (Fsp3) is 0.308. The SMILES string of the molecule is CCCn1nccc1C(NN)c1cc(Cl)cc(Br)c1. The van der Waals surface area contributed by atoms with Crippen LogP contribution in [0.5, 0.6) is 0 Å². The first-order chi connectivity index (χ1) is 9.15. The number of aromatic nitrogens is 2. The minimum absolute atomic E-state index is 0.135. The highest BCUT2D eigenvalue weighted by molar-refractivity contribution is 9.10. The minimum Gasteiger partial charge on any atom is -0.271 e. The number of aryl methyl sites for hydroxylation is 1. The summed E-state index contributed by atoms with van der Waals surface area (Å²) in [4.78, 5) is 0. The lowest BCUT2D eigenvalue weighted by atomic mass is 10.0. The van der Waals surface area contributed by atoms with Crippen molar-refractivity contribution in [3.8, 4) is 0 Å². The van der Waals surface area contributed by atoms with Crippen molar-refractivity contribution in [1.29, 1.82) is 0 Å². The van der Waals surface area contributed by atoms with E-state index in [2.05, 4.69) is 33.4 Å². The summed E-state index contributed by atoms with van der Waals surface area (Å²) in [6, 6.07) is 7.58. The van der Waals surface area contributed by atoms with Crippen LogP contribution >= 0.6 is 27.5 Å². The van der Waals surface area contributed by atoms with Crippen LogP contribution in [0.3, 0.4) is 0 Å². The highest BCUT2D eigenvalue weighted by Gasteiger charge is 2.17. The molecule has 0 bridgehead atoms. The molecule has 19 heavy (non-hydrogen) atoms. The third-order valence-corrected chi connectivity index (χ3v) is 3.54. The van der Waals surface area contributed by atoms with Gasteiger partial charge in [0.15, 0.2) is 0 Å². The van der Waals surface area contributed by atoms with Crippen LogP contribution in [0.2, 0.25) is 5.02 Å². The lowest BCUT2D eigenvalue weighted by Crippen LogP contribution is -2.30. The topological polar surface area (TPSA) is 55.9 Å². The van der Waals surface area contributed by atoms with Gasteiger partial charge in [-0.15, -0.1) is 0 Å². The Morgan fingerprint density at radius 1 is 1.47 bits per heavy atom. The number of nitrogens with one attached hydrogen (secondary N) is 1. The van der Waals surface area contributed by atoms with E-state index >= 15 is 0 Å². The minimum atomic E-state index is -0.135. The molecule has 1 aromatic carbocycles. The number of hydrogen-bond acceptors (Lipinski definition) is 3. The van der Waals surface area contributed by atoms with E-state index in [4.69, 9.17) is 17.4 Å². The van der Waals surface area contributed by atoms with Crippen molar-refractivity contribution in [2.24, 2.45) is 5.84 Å². The van der Waals surface area contributed by atoms with Crippen LogP contribution in [0.4, 0.5) is 0 Å². The molecule has 6 heteroatoms. The molecular weight excluding hydrogens is 328 g/mol. The maximum absolute atomic E-state index is 6.09. The zero-order valence-corrected chi connectivity index (χ0v) is 12.9. The summed E-state index contributed by atoms with van der Waals surface area (Å²) < 4.78 is 2.89. The number of hydrogen-bond donors (Lipinski definition) is 2. The van der Waals surface area contributed by atoms with Crippen molar-refractivity contribution in [3.05, 3.63) is 51.2 Å². The average molecular weight is 344 g/mol. The molecule has 1 heterocycles. The third kappa shape index (κ3) is 3.36. The Bertz CT molecular complexity index is 535. The Hall–Kier alpha value is -0.880. The van der Waals surface area contributed by atoms with Crippen molar-refractivity contribution < 1.29 is 0 Å². The molecule has 0 aliphatic carbocycles. The molecule has 2 rings (SSSR count). The average Bonchev–Trinajstić information content (AvgIpc) is 2.78. The first-order valence-corrected chi connectivity index (χ1v) is 7.26. The van der Waals surface area contributed by atoms with Gasteiger partial charge >= 0.3 is 0 Å². The summed E-state index contributed by atoms with van der Waals surface area (Å²) in [5.74, 6) is 5.71. The van der Waals surface area contributed by atoms with Gasteiger partial charge in [-0.05, 0) is 36.2 Å². The van der Waals surface area contributed by atoms with Crippen molar-refractivity contribution in [2.45, 2.75) is 25.9 Å². The zero-order valence-electron chi connectivity index (χ0n) is 10.6. The van der Waals surface area contributed by atoms with Gasteiger partial charge in [0.2, 0.25) is 0 Å². The van der Waals surface area contributed by atoms with Gasteiger partial charge in [-0.1, -0.05) is 34.5 Å². The normalized spacial score (nSPS) is 12.6. The van der Waals surface area contributed by atoms with E-state index in [1.54, 1.807) is 6.20 Å². The van der Waals surface area contributed by atoms with Crippen molar-refractivity contribution in [1.82, 2.24) is 15.2 Å². The van der Waals surface area contributed by atoms with E-state index in [9.17, 15) is 0 Å². The Balaban J connectivity index is 2.40. The molecule has 0 aliphatic rings. The molecule has 1 unspecified atom stereocenters. The van der Waals surface area contributed by atoms with Crippen molar-refractivity contribution in [3.63, 3.8) is 0 Å². The van der Waals surface area contributed by atoms with Gasteiger partial charge < -0.3 is 0 Å². The molecule has 1 atom stereocenters. The summed E-state index contributed by atoms with van der Waals surface area (Å²) in [6.07, 6.45) is 2.81. The summed E-state index contributed by atoms with van der Waals surface area (Å²) in [5, 5.41) is 4.99. The zero-order chi connectivity index (χ0) is 13.8. The van der Waals surface area contributed by atoms with Gasteiger partial charge in [0.25, 0.3) is 0 Å². The molecule has 0 radical (unpaired) electrons. The number of nitrogens with two attached hydrogens (primary N) is 1. The number of rotatable bonds is 5. The van der Waals surface area contributed by atoms with E-state index in [1.165, 1.54) is 0 Å². The van der Waals surface area contributed by atoms with E-state index in [0.717, 1.165) is 28.7 Å². The van der Waals surface area contributed by atoms with Gasteiger partial charge in [-0.3, -0.25) is 10.5 Å². The maximum Gasteiger partial charge on any atom is 0.0879 e. The molecule has 0 amide bonds. The van der Waals surface area contributed by atoms with Crippen LogP contribution in [0.25, 0.3) is 0 Å².